The predicted molar refractivity (Wildman–Crippen MR) is 127 cm³/mol. The van der Waals surface area contributed by atoms with E-state index in [1.165, 1.54) is 6.21 Å². The lowest BCUT2D eigenvalue weighted by atomic mass is 10.2. The second kappa shape index (κ2) is 10.7. The van der Waals surface area contributed by atoms with Crippen molar-refractivity contribution in [2.45, 2.75) is 24.0 Å². The first-order valence-corrected chi connectivity index (χ1v) is 12.0. The van der Waals surface area contributed by atoms with Crippen molar-refractivity contribution in [3.63, 3.8) is 0 Å². The molecule has 160 valence electrons. The van der Waals surface area contributed by atoms with Gasteiger partial charge in [-0.3, -0.25) is 4.79 Å². The SMILES string of the molecule is COc1cc(/C=N\NC(=O)CC2(C)SCCS2)cc(Cl)c1OCc1ccc(Cl)cc1. The smallest absolute Gasteiger partial charge is 0.242 e. The van der Waals surface area contributed by atoms with Crippen LogP contribution >= 0.6 is 46.7 Å². The van der Waals surface area contributed by atoms with Crippen molar-refractivity contribution in [2.24, 2.45) is 5.10 Å². The van der Waals surface area contributed by atoms with E-state index in [9.17, 15) is 4.79 Å². The summed E-state index contributed by atoms with van der Waals surface area (Å²) < 4.78 is 11.2. The summed E-state index contributed by atoms with van der Waals surface area (Å²) in [5.74, 6) is 2.95. The van der Waals surface area contributed by atoms with Crippen LogP contribution in [0.1, 0.15) is 24.5 Å². The molecule has 5 nitrogen and oxygen atoms in total. The summed E-state index contributed by atoms with van der Waals surface area (Å²) >= 11 is 15.9. The average molecular weight is 485 g/mol. The Balaban J connectivity index is 1.61. The van der Waals surface area contributed by atoms with Crippen LogP contribution in [0.5, 0.6) is 11.5 Å². The molecule has 1 saturated heterocycles. The number of nitrogens with one attached hydrogen (secondary N) is 1. The summed E-state index contributed by atoms with van der Waals surface area (Å²) in [5.41, 5.74) is 4.23. The summed E-state index contributed by atoms with van der Waals surface area (Å²) in [6, 6.07) is 10.8. The highest BCUT2D eigenvalue weighted by Gasteiger charge is 2.32. The number of hydrogen-bond acceptors (Lipinski definition) is 6. The lowest BCUT2D eigenvalue weighted by molar-refractivity contribution is -0.121. The van der Waals surface area contributed by atoms with Crippen molar-refractivity contribution in [1.29, 1.82) is 0 Å². The quantitative estimate of drug-likeness (QED) is 0.389. The third kappa shape index (κ3) is 6.48. The Kier molecular flexibility index (Phi) is 8.22. The molecule has 0 atom stereocenters. The lowest BCUT2D eigenvalue weighted by Gasteiger charge is -2.19. The number of rotatable bonds is 8. The van der Waals surface area contributed by atoms with E-state index in [0.29, 0.717) is 40.1 Å². The molecule has 0 aromatic heterocycles. The summed E-state index contributed by atoms with van der Waals surface area (Å²) in [6.45, 7) is 2.41. The van der Waals surface area contributed by atoms with Gasteiger partial charge in [0.2, 0.25) is 5.91 Å². The molecule has 0 saturated carbocycles. The third-order valence-corrected chi connectivity index (χ3v) is 8.16. The van der Waals surface area contributed by atoms with Gasteiger partial charge in [0, 0.05) is 16.5 Å². The molecule has 2 aromatic rings. The molecule has 1 N–H and O–H groups in total. The first kappa shape index (κ1) is 23.1. The second-order valence-corrected chi connectivity index (χ2v) is 11.0. The van der Waals surface area contributed by atoms with Gasteiger partial charge < -0.3 is 9.47 Å². The molecular formula is C21H22Cl2N2O3S2. The van der Waals surface area contributed by atoms with Gasteiger partial charge in [-0.05, 0) is 42.3 Å². The average Bonchev–Trinajstić information content (AvgIpc) is 3.13. The number of hydrazone groups is 1. The molecule has 1 aliphatic rings. The molecule has 3 rings (SSSR count). The van der Waals surface area contributed by atoms with Crippen LogP contribution in [0.25, 0.3) is 0 Å². The number of thioether (sulfide) groups is 2. The Morgan fingerprint density at radius 1 is 1.23 bits per heavy atom. The summed E-state index contributed by atoms with van der Waals surface area (Å²) in [5, 5.41) is 5.11. The molecule has 0 spiro atoms. The van der Waals surface area contributed by atoms with Gasteiger partial charge in [-0.1, -0.05) is 35.3 Å². The molecule has 0 bridgehead atoms. The van der Waals surface area contributed by atoms with Gasteiger partial charge in [0.05, 0.1) is 28.8 Å². The van der Waals surface area contributed by atoms with E-state index in [-0.39, 0.29) is 9.99 Å². The number of methoxy groups -OCH3 is 1. The van der Waals surface area contributed by atoms with E-state index in [1.807, 2.05) is 35.7 Å². The first-order valence-electron chi connectivity index (χ1n) is 9.23. The molecule has 1 aliphatic heterocycles. The molecule has 30 heavy (non-hydrogen) atoms. The van der Waals surface area contributed by atoms with Crippen LogP contribution in [0.3, 0.4) is 0 Å². The van der Waals surface area contributed by atoms with E-state index < -0.39 is 0 Å². The monoisotopic (exact) mass is 484 g/mol. The zero-order valence-electron chi connectivity index (χ0n) is 16.6. The van der Waals surface area contributed by atoms with Crippen molar-refractivity contribution in [3.05, 3.63) is 57.6 Å². The number of nitrogens with zero attached hydrogens (tertiary/aromatic N) is 1. The minimum absolute atomic E-state index is 0.0742. The van der Waals surface area contributed by atoms with Crippen LogP contribution in [-0.4, -0.2) is 34.8 Å². The Hall–Kier alpha value is -1.54. The Bertz CT molecular complexity index is 917. The fraction of sp³-hybridized carbons (Fsp3) is 0.333. The maximum absolute atomic E-state index is 12.1. The van der Waals surface area contributed by atoms with E-state index in [1.54, 1.807) is 31.4 Å². The van der Waals surface area contributed by atoms with Gasteiger partial charge in [-0.25, -0.2) is 5.43 Å². The lowest BCUT2D eigenvalue weighted by Crippen LogP contribution is -2.26. The summed E-state index contributed by atoms with van der Waals surface area (Å²) in [7, 11) is 1.54. The Labute approximate surface area is 194 Å². The van der Waals surface area contributed by atoms with Crippen LogP contribution in [0.2, 0.25) is 10.0 Å². The van der Waals surface area contributed by atoms with Gasteiger partial charge in [-0.2, -0.15) is 5.10 Å². The van der Waals surface area contributed by atoms with Crippen LogP contribution < -0.4 is 14.9 Å². The summed E-state index contributed by atoms with van der Waals surface area (Å²) in [4.78, 5) is 12.1. The highest BCUT2D eigenvalue weighted by atomic mass is 35.5. The molecule has 0 radical (unpaired) electrons. The fourth-order valence-electron chi connectivity index (χ4n) is 2.86. The maximum Gasteiger partial charge on any atom is 0.242 e. The number of carbonyl (C=O) groups is 1. The minimum atomic E-state index is -0.114. The fourth-order valence-corrected chi connectivity index (χ4v) is 6.09. The highest BCUT2D eigenvalue weighted by Crippen LogP contribution is 2.45. The van der Waals surface area contributed by atoms with E-state index in [2.05, 4.69) is 17.5 Å². The van der Waals surface area contributed by atoms with Crippen LogP contribution in [0.4, 0.5) is 0 Å². The maximum atomic E-state index is 12.1. The molecule has 1 amide bonds. The highest BCUT2D eigenvalue weighted by molar-refractivity contribution is 8.21. The van der Waals surface area contributed by atoms with Gasteiger partial charge in [0.25, 0.3) is 0 Å². The molecule has 1 fully saturated rings. The summed E-state index contributed by atoms with van der Waals surface area (Å²) in [6.07, 6.45) is 1.95. The van der Waals surface area contributed by atoms with Crippen LogP contribution in [0, 0.1) is 0 Å². The number of halogens is 2. The number of hydrogen-bond donors (Lipinski definition) is 1. The molecule has 0 unspecified atom stereocenters. The van der Waals surface area contributed by atoms with Gasteiger partial charge in [0.15, 0.2) is 11.5 Å². The number of carbonyl (C=O) groups excluding carboxylic acids is 1. The number of ether oxygens (including phenoxy) is 2. The minimum Gasteiger partial charge on any atom is -0.493 e. The van der Waals surface area contributed by atoms with Gasteiger partial charge in [0.1, 0.15) is 6.61 Å². The van der Waals surface area contributed by atoms with Gasteiger partial charge >= 0.3 is 0 Å². The number of amides is 1. The van der Waals surface area contributed by atoms with Crippen molar-refractivity contribution >= 4 is 58.8 Å². The van der Waals surface area contributed by atoms with E-state index in [0.717, 1.165) is 17.1 Å². The first-order chi connectivity index (χ1) is 14.4. The molecule has 1 heterocycles. The standard InChI is InChI=1S/C21H22Cl2N2O3S2/c1-21(29-7-8-30-21)11-19(26)25-24-12-15-9-17(23)20(18(10-15)27-2)28-13-14-3-5-16(22)6-4-14/h3-6,9-10,12H,7-8,11,13H2,1-2H3,(H,25,26)/b24-12-. The molecule has 2 aromatic carbocycles. The Morgan fingerprint density at radius 3 is 2.60 bits per heavy atom. The van der Waals surface area contributed by atoms with Crippen molar-refractivity contribution in [3.8, 4) is 11.5 Å². The van der Waals surface area contributed by atoms with E-state index >= 15 is 0 Å². The predicted octanol–water partition coefficient (Wildman–Crippen LogP) is 5.62. The second-order valence-electron chi connectivity index (χ2n) is 6.75. The van der Waals surface area contributed by atoms with Crippen LogP contribution in [0.15, 0.2) is 41.5 Å². The van der Waals surface area contributed by atoms with Crippen LogP contribution in [-0.2, 0) is 11.4 Å². The van der Waals surface area contributed by atoms with Crippen molar-refractivity contribution in [1.82, 2.24) is 5.43 Å². The topological polar surface area (TPSA) is 59.9 Å². The van der Waals surface area contributed by atoms with Crippen molar-refractivity contribution in [2.75, 3.05) is 18.6 Å². The number of benzene rings is 2. The Morgan fingerprint density at radius 2 is 1.93 bits per heavy atom. The molecule has 9 heteroatoms. The van der Waals surface area contributed by atoms with Gasteiger partial charge in [-0.15, -0.1) is 23.5 Å². The normalized spacial score (nSPS) is 15.3. The van der Waals surface area contributed by atoms with E-state index in [4.69, 9.17) is 32.7 Å². The third-order valence-electron chi connectivity index (χ3n) is 4.33. The van der Waals surface area contributed by atoms with Crippen molar-refractivity contribution < 1.29 is 14.3 Å². The zero-order chi connectivity index (χ0) is 21.6. The zero-order valence-corrected chi connectivity index (χ0v) is 19.8. The molecule has 0 aliphatic carbocycles. The largest absolute Gasteiger partial charge is 0.493 e. The molecular weight excluding hydrogens is 463 g/mol.